The molecule has 1 aromatic rings. The van der Waals surface area contributed by atoms with Gasteiger partial charge in [0.25, 0.3) is 0 Å². The van der Waals surface area contributed by atoms with Crippen molar-refractivity contribution in [1.82, 2.24) is 4.90 Å². The normalized spacial score (nSPS) is 30.9. The Balaban J connectivity index is 2.26. The third-order valence-electron chi connectivity index (χ3n) is 3.38. The van der Waals surface area contributed by atoms with Crippen LogP contribution in [0.4, 0.5) is 0 Å². The van der Waals surface area contributed by atoms with Crippen LogP contribution in [-0.2, 0) is 4.79 Å². The first-order valence-electron chi connectivity index (χ1n) is 5.12. The first kappa shape index (κ1) is 10.2. The molecule has 0 saturated carbocycles. The highest BCUT2D eigenvalue weighted by Gasteiger charge is 2.48. The molecule has 1 saturated heterocycles. The predicted molar refractivity (Wildman–Crippen MR) is 57.8 cm³/mol. The number of carbonyl (C=O) groups is 1. The lowest BCUT2D eigenvalue weighted by molar-refractivity contribution is -0.152. The maximum absolute atomic E-state index is 11.1. The van der Waals surface area contributed by atoms with Gasteiger partial charge in [-0.25, -0.2) is 0 Å². The molecule has 1 aromatic carbocycles. The minimum Gasteiger partial charge on any atom is -0.480 e. The van der Waals surface area contributed by atoms with E-state index in [0.717, 1.165) is 5.56 Å². The molecular weight excluding hydrogens is 190 g/mol. The zero-order valence-electron chi connectivity index (χ0n) is 8.92. The number of likely N-dealkylation sites (N-methyl/N-ethyl adjacent to an activating group) is 1. The molecule has 3 heteroatoms. The first-order valence-corrected chi connectivity index (χ1v) is 5.12. The fourth-order valence-corrected chi connectivity index (χ4v) is 2.39. The number of carboxylic acids is 1. The highest BCUT2D eigenvalue weighted by molar-refractivity contribution is 5.77. The predicted octanol–water partition coefficient (Wildman–Crippen LogP) is 1.56. The van der Waals surface area contributed by atoms with Gasteiger partial charge in [-0.1, -0.05) is 30.3 Å². The summed E-state index contributed by atoms with van der Waals surface area (Å²) in [7, 11) is 1.86. The molecule has 1 N–H and O–H groups in total. The average Bonchev–Trinajstić information content (AvgIpc) is 2.25. The summed E-state index contributed by atoms with van der Waals surface area (Å²) in [5, 5.41) is 9.11. The molecule has 0 radical (unpaired) electrons. The second-order valence-electron chi connectivity index (χ2n) is 4.13. The Kier molecular flexibility index (Phi) is 2.49. The highest BCUT2D eigenvalue weighted by Crippen LogP contribution is 2.39. The summed E-state index contributed by atoms with van der Waals surface area (Å²) in [5.41, 5.74) is 1.12. The lowest BCUT2D eigenvalue weighted by Crippen LogP contribution is -2.62. The summed E-state index contributed by atoms with van der Waals surface area (Å²) in [5.74, 6) is -0.613. The Morgan fingerprint density at radius 3 is 2.47 bits per heavy atom. The topological polar surface area (TPSA) is 40.5 Å². The quantitative estimate of drug-likeness (QED) is 0.796. The van der Waals surface area contributed by atoms with Gasteiger partial charge in [0, 0.05) is 12.0 Å². The average molecular weight is 205 g/mol. The Hall–Kier alpha value is -1.35. The Labute approximate surface area is 89.3 Å². The number of hydrogen-bond acceptors (Lipinski definition) is 2. The van der Waals surface area contributed by atoms with Crippen molar-refractivity contribution in [2.75, 3.05) is 7.05 Å². The van der Waals surface area contributed by atoms with Crippen LogP contribution in [0, 0.1) is 0 Å². The summed E-state index contributed by atoms with van der Waals surface area (Å²) in [6, 6.07) is 9.80. The Morgan fingerprint density at radius 2 is 1.93 bits per heavy atom. The van der Waals surface area contributed by atoms with Gasteiger partial charge in [0.15, 0.2) is 0 Å². The maximum Gasteiger partial charge on any atom is 0.321 e. The van der Waals surface area contributed by atoms with Gasteiger partial charge in [0.05, 0.1) is 0 Å². The standard InChI is InChI=1S/C12H15NO2/c1-8-10(9-6-4-3-5-7-9)11(12(14)15)13(8)2/h3-8,10-11H,1-2H3,(H,14,15)/t8-,10+,11+/m0/s1. The molecule has 1 heterocycles. The molecule has 1 fully saturated rings. The van der Waals surface area contributed by atoms with Gasteiger partial charge in [0.2, 0.25) is 0 Å². The maximum atomic E-state index is 11.1. The first-order chi connectivity index (χ1) is 7.13. The second kappa shape index (κ2) is 3.66. The van der Waals surface area contributed by atoms with E-state index >= 15 is 0 Å². The SMILES string of the molecule is C[C@H]1[C@H](c2ccccc2)[C@H](C(=O)O)N1C. The third kappa shape index (κ3) is 1.53. The van der Waals surface area contributed by atoms with Crippen LogP contribution in [0.25, 0.3) is 0 Å². The van der Waals surface area contributed by atoms with Crippen LogP contribution in [0.1, 0.15) is 18.4 Å². The molecule has 3 atom stereocenters. The zero-order valence-corrected chi connectivity index (χ0v) is 8.92. The Morgan fingerprint density at radius 1 is 1.33 bits per heavy atom. The number of hydrogen-bond donors (Lipinski definition) is 1. The van der Waals surface area contributed by atoms with Gasteiger partial charge < -0.3 is 5.11 Å². The van der Waals surface area contributed by atoms with Crippen molar-refractivity contribution in [2.24, 2.45) is 0 Å². The van der Waals surface area contributed by atoms with Crippen LogP contribution in [0.15, 0.2) is 30.3 Å². The summed E-state index contributed by atoms with van der Waals surface area (Å²) in [4.78, 5) is 13.0. The van der Waals surface area contributed by atoms with Gasteiger partial charge in [-0.2, -0.15) is 0 Å². The van der Waals surface area contributed by atoms with Crippen molar-refractivity contribution in [1.29, 1.82) is 0 Å². The minimum atomic E-state index is -0.732. The molecular formula is C12H15NO2. The van der Waals surface area contributed by atoms with E-state index < -0.39 is 5.97 Å². The van der Waals surface area contributed by atoms with Crippen molar-refractivity contribution < 1.29 is 9.90 Å². The van der Waals surface area contributed by atoms with Crippen LogP contribution in [0.5, 0.6) is 0 Å². The van der Waals surface area contributed by atoms with Crippen LogP contribution >= 0.6 is 0 Å². The number of rotatable bonds is 2. The summed E-state index contributed by atoms with van der Waals surface area (Å²) in [6.45, 7) is 2.07. The number of benzene rings is 1. The van der Waals surface area contributed by atoms with Gasteiger partial charge >= 0.3 is 5.97 Å². The number of carboxylic acid groups (broad SMARTS) is 1. The van der Waals surface area contributed by atoms with Crippen molar-refractivity contribution >= 4 is 5.97 Å². The molecule has 2 rings (SSSR count). The number of likely N-dealkylation sites (tertiary alicyclic amines) is 1. The fourth-order valence-electron chi connectivity index (χ4n) is 2.39. The van der Waals surface area contributed by atoms with Gasteiger partial charge in [-0.15, -0.1) is 0 Å². The lowest BCUT2D eigenvalue weighted by atomic mass is 9.76. The van der Waals surface area contributed by atoms with Crippen molar-refractivity contribution in [3.05, 3.63) is 35.9 Å². The number of nitrogens with zero attached hydrogens (tertiary/aromatic N) is 1. The van der Waals surface area contributed by atoms with E-state index in [1.54, 1.807) is 0 Å². The summed E-state index contributed by atoms with van der Waals surface area (Å²) in [6.07, 6.45) is 0. The lowest BCUT2D eigenvalue weighted by Gasteiger charge is -2.50. The van der Waals surface area contributed by atoms with Crippen LogP contribution in [-0.4, -0.2) is 35.1 Å². The number of aliphatic carboxylic acids is 1. The molecule has 0 bridgehead atoms. The second-order valence-corrected chi connectivity index (χ2v) is 4.13. The molecule has 0 unspecified atom stereocenters. The van der Waals surface area contributed by atoms with Gasteiger partial charge in [-0.3, -0.25) is 9.69 Å². The van der Waals surface area contributed by atoms with Crippen molar-refractivity contribution in [3.8, 4) is 0 Å². The van der Waals surface area contributed by atoms with Crippen molar-refractivity contribution in [3.63, 3.8) is 0 Å². The summed E-state index contributed by atoms with van der Waals surface area (Å²) < 4.78 is 0. The van der Waals surface area contributed by atoms with E-state index in [0.29, 0.717) is 6.04 Å². The van der Waals surface area contributed by atoms with E-state index in [4.69, 9.17) is 5.11 Å². The minimum absolute atomic E-state index is 0.119. The van der Waals surface area contributed by atoms with Gasteiger partial charge in [-0.05, 0) is 19.5 Å². The summed E-state index contributed by atoms with van der Waals surface area (Å²) >= 11 is 0. The monoisotopic (exact) mass is 205 g/mol. The third-order valence-corrected chi connectivity index (χ3v) is 3.38. The van der Waals surface area contributed by atoms with Crippen LogP contribution in [0.3, 0.4) is 0 Å². The molecule has 1 aliphatic heterocycles. The molecule has 0 amide bonds. The van der Waals surface area contributed by atoms with E-state index in [1.165, 1.54) is 0 Å². The molecule has 0 aromatic heterocycles. The van der Waals surface area contributed by atoms with Crippen molar-refractivity contribution in [2.45, 2.75) is 24.9 Å². The highest BCUT2D eigenvalue weighted by atomic mass is 16.4. The van der Waals surface area contributed by atoms with E-state index in [2.05, 4.69) is 6.92 Å². The Bertz CT molecular complexity index is 363. The molecule has 0 spiro atoms. The van der Waals surface area contributed by atoms with Crippen LogP contribution in [0.2, 0.25) is 0 Å². The van der Waals surface area contributed by atoms with E-state index in [1.807, 2.05) is 42.3 Å². The van der Waals surface area contributed by atoms with E-state index in [9.17, 15) is 4.79 Å². The molecule has 1 aliphatic rings. The molecule has 15 heavy (non-hydrogen) atoms. The van der Waals surface area contributed by atoms with E-state index in [-0.39, 0.29) is 12.0 Å². The smallest absolute Gasteiger partial charge is 0.321 e. The molecule has 80 valence electrons. The molecule has 0 aliphatic carbocycles. The molecule has 3 nitrogen and oxygen atoms in total. The van der Waals surface area contributed by atoms with Gasteiger partial charge in [0.1, 0.15) is 6.04 Å². The zero-order chi connectivity index (χ0) is 11.0. The van der Waals surface area contributed by atoms with Crippen LogP contribution < -0.4 is 0 Å². The largest absolute Gasteiger partial charge is 0.480 e. The fraction of sp³-hybridized carbons (Fsp3) is 0.417.